The van der Waals surface area contributed by atoms with Crippen LogP contribution in [-0.4, -0.2) is 52.4 Å². The second-order valence-corrected chi connectivity index (χ2v) is 4.27. The summed E-state index contributed by atoms with van der Waals surface area (Å²) in [5.41, 5.74) is 6.06. The van der Waals surface area contributed by atoms with Crippen molar-refractivity contribution in [2.24, 2.45) is 5.73 Å². The molecular weight excluding hydrogens is 238 g/mol. The van der Waals surface area contributed by atoms with E-state index in [-0.39, 0.29) is 17.4 Å². The van der Waals surface area contributed by atoms with Gasteiger partial charge in [0.05, 0.1) is 6.54 Å². The summed E-state index contributed by atoms with van der Waals surface area (Å²) in [4.78, 5) is 23.7. The third kappa shape index (κ3) is 2.33. The van der Waals surface area contributed by atoms with E-state index >= 15 is 0 Å². The number of thiocarbonyl (C=S) groups is 1. The van der Waals surface area contributed by atoms with E-state index in [9.17, 15) is 4.79 Å². The van der Waals surface area contributed by atoms with Gasteiger partial charge in [0, 0.05) is 32.5 Å². The highest BCUT2D eigenvalue weighted by Gasteiger charge is 2.24. The molecule has 0 radical (unpaired) electrons. The molecule has 17 heavy (non-hydrogen) atoms. The van der Waals surface area contributed by atoms with Gasteiger partial charge < -0.3 is 15.5 Å². The number of anilines is 1. The zero-order chi connectivity index (χ0) is 12.4. The lowest BCUT2D eigenvalue weighted by Crippen LogP contribution is -2.49. The van der Waals surface area contributed by atoms with Crippen molar-refractivity contribution in [3.05, 3.63) is 18.1 Å². The van der Waals surface area contributed by atoms with Crippen molar-refractivity contribution in [3.63, 3.8) is 0 Å². The molecule has 0 unspecified atom stereocenters. The number of likely N-dealkylation sites (N-methyl/N-ethyl adjacent to an activating group) is 1. The summed E-state index contributed by atoms with van der Waals surface area (Å²) in [7, 11) is 1.78. The minimum atomic E-state index is 0.0517. The van der Waals surface area contributed by atoms with Crippen LogP contribution in [0.1, 0.15) is 5.69 Å². The van der Waals surface area contributed by atoms with Crippen molar-refractivity contribution >= 4 is 28.9 Å². The molecule has 1 aliphatic heterocycles. The molecule has 1 aromatic rings. The van der Waals surface area contributed by atoms with Gasteiger partial charge in [0.25, 0.3) is 0 Å². The number of nitrogens with two attached hydrogens (primary N) is 1. The number of aromatic nitrogens is 2. The van der Waals surface area contributed by atoms with Crippen LogP contribution in [0.15, 0.2) is 12.4 Å². The molecule has 1 amide bonds. The second-order valence-electron chi connectivity index (χ2n) is 3.83. The predicted octanol–water partition coefficient (Wildman–Crippen LogP) is -0.611. The predicted molar refractivity (Wildman–Crippen MR) is 67.8 cm³/mol. The number of hydrogen-bond donors (Lipinski definition) is 1. The van der Waals surface area contributed by atoms with Crippen LogP contribution in [0.5, 0.6) is 0 Å². The van der Waals surface area contributed by atoms with Crippen LogP contribution in [0.25, 0.3) is 0 Å². The van der Waals surface area contributed by atoms with Gasteiger partial charge in [0.2, 0.25) is 5.91 Å². The lowest BCUT2D eigenvalue weighted by molar-refractivity contribution is -0.129. The van der Waals surface area contributed by atoms with Gasteiger partial charge in [-0.15, -0.1) is 0 Å². The lowest BCUT2D eigenvalue weighted by atomic mass is 10.3. The zero-order valence-electron chi connectivity index (χ0n) is 9.46. The summed E-state index contributed by atoms with van der Waals surface area (Å²) < 4.78 is 0. The Balaban J connectivity index is 2.29. The topological polar surface area (TPSA) is 75.3 Å². The average Bonchev–Trinajstić information content (AvgIpc) is 2.32. The van der Waals surface area contributed by atoms with E-state index in [0.29, 0.717) is 24.6 Å². The van der Waals surface area contributed by atoms with E-state index in [1.807, 2.05) is 4.90 Å². The van der Waals surface area contributed by atoms with Crippen LogP contribution in [0.4, 0.5) is 5.82 Å². The highest BCUT2D eigenvalue weighted by molar-refractivity contribution is 7.80. The second kappa shape index (κ2) is 4.62. The number of carbonyl (C=O) groups is 1. The molecule has 2 rings (SSSR count). The Morgan fingerprint density at radius 3 is 2.76 bits per heavy atom. The van der Waals surface area contributed by atoms with Crippen molar-refractivity contribution in [1.82, 2.24) is 14.9 Å². The fraction of sp³-hybridized carbons (Fsp3) is 0.400. The van der Waals surface area contributed by atoms with E-state index in [1.165, 1.54) is 6.20 Å². The Labute approximate surface area is 104 Å². The Bertz CT molecular complexity index is 464. The van der Waals surface area contributed by atoms with Crippen LogP contribution in [0.2, 0.25) is 0 Å². The van der Waals surface area contributed by atoms with Crippen LogP contribution in [-0.2, 0) is 4.79 Å². The average molecular weight is 251 g/mol. The largest absolute Gasteiger partial charge is 0.388 e. The van der Waals surface area contributed by atoms with Crippen molar-refractivity contribution in [3.8, 4) is 0 Å². The van der Waals surface area contributed by atoms with Gasteiger partial charge >= 0.3 is 0 Å². The number of carbonyl (C=O) groups excluding carboxylic acids is 1. The molecule has 0 saturated carbocycles. The fourth-order valence-electron chi connectivity index (χ4n) is 1.68. The normalized spacial score (nSPS) is 16.2. The molecule has 1 fully saturated rings. The Hall–Kier alpha value is -1.76. The molecule has 7 heteroatoms. The third-order valence-corrected chi connectivity index (χ3v) is 2.86. The molecule has 0 spiro atoms. The van der Waals surface area contributed by atoms with E-state index in [2.05, 4.69) is 9.97 Å². The minimum Gasteiger partial charge on any atom is -0.388 e. The first-order valence-corrected chi connectivity index (χ1v) is 5.60. The Morgan fingerprint density at radius 1 is 1.41 bits per heavy atom. The molecule has 6 nitrogen and oxygen atoms in total. The first-order valence-electron chi connectivity index (χ1n) is 5.19. The SMILES string of the molecule is CN1CCN(c2nccnc2C(N)=S)CC1=O. The van der Waals surface area contributed by atoms with Gasteiger partial charge in [-0.1, -0.05) is 12.2 Å². The number of piperazine rings is 1. The van der Waals surface area contributed by atoms with Gasteiger partial charge in [0.15, 0.2) is 5.82 Å². The molecule has 1 saturated heterocycles. The summed E-state index contributed by atoms with van der Waals surface area (Å²) in [5.74, 6) is 0.636. The summed E-state index contributed by atoms with van der Waals surface area (Å²) in [5, 5.41) is 0. The quantitative estimate of drug-likeness (QED) is 0.707. The van der Waals surface area contributed by atoms with Gasteiger partial charge in [0.1, 0.15) is 10.7 Å². The van der Waals surface area contributed by atoms with Crippen LogP contribution in [0.3, 0.4) is 0 Å². The lowest BCUT2D eigenvalue weighted by Gasteiger charge is -2.33. The maximum Gasteiger partial charge on any atom is 0.241 e. The molecular formula is C10H13N5OS. The highest BCUT2D eigenvalue weighted by Crippen LogP contribution is 2.16. The zero-order valence-corrected chi connectivity index (χ0v) is 10.3. The summed E-state index contributed by atoms with van der Waals surface area (Å²) >= 11 is 4.92. The molecule has 90 valence electrons. The first-order chi connectivity index (χ1) is 8.09. The van der Waals surface area contributed by atoms with E-state index < -0.39 is 0 Å². The fourth-order valence-corrected chi connectivity index (χ4v) is 1.82. The summed E-state index contributed by atoms with van der Waals surface area (Å²) in [6.07, 6.45) is 3.11. The maximum atomic E-state index is 11.6. The molecule has 0 bridgehead atoms. The van der Waals surface area contributed by atoms with Crippen LogP contribution in [0, 0.1) is 0 Å². The molecule has 0 aromatic carbocycles. The molecule has 2 N–H and O–H groups in total. The maximum absolute atomic E-state index is 11.6. The molecule has 0 aliphatic carbocycles. The number of rotatable bonds is 2. The minimum absolute atomic E-state index is 0.0517. The van der Waals surface area contributed by atoms with Crippen LogP contribution < -0.4 is 10.6 Å². The Morgan fingerprint density at radius 2 is 2.12 bits per heavy atom. The van der Waals surface area contributed by atoms with Gasteiger partial charge in [-0.2, -0.15) is 0 Å². The van der Waals surface area contributed by atoms with Gasteiger partial charge in [-0.25, -0.2) is 9.97 Å². The number of hydrogen-bond acceptors (Lipinski definition) is 5. The van der Waals surface area contributed by atoms with Gasteiger partial charge in [-0.3, -0.25) is 4.79 Å². The Kier molecular flexibility index (Phi) is 3.19. The monoisotopic (exact) mass is 251 g/mol. The molecule has 1 aliphatic rings. The molecule has 2 heterocycles. The van der Waals surface area contributed by atoms with Gasteiger partial charge in [-0.05, 0) is 0 Å². The summed E-state index contributed by atoms with van der Waals surface area (Å²) in [6.45, 7) is 1.65. The number of amides is 1. The number of nitrogens with zero attached hydrogens (tertiary/aromatic N) is 4. The summed E-state index contributed by atoms with van der Waals surface area (Å²) in [6, 6.07) is 0. The van der Waals surface area contributed by atoms with Crippen LogP contribution >= 0.6 is 12.2 Å². The molecule has 0 atom stereocenters. The van der Waals surface area contributed by atoms with Crippen molar-refractivity contribution in [2.45, 2.75) is 0 Å². The van der Waals surface area contributed by atoms with E-state index in [1.54, 1.807) is 18.1 Å². The smallest absolute Gasteiger partial charge is 0.241 e. The first kappa shape index (κ1) is 11.7. The van der Waals surface area contributed by atoms with Crippen molar-refractivity contribution in [1.29, 1.82) is 0 Å². The van der Waals surface area contributed by atoms with Crippen molar-refractivity contribution in [2.75, 3.05) is 31.6 Å². The standard InChI is InChI=1S/C10H13N5OS/c1-14-4-5-15(6-7(14)16)10-8(9(11)17)12-2-3-13-10/h2-3H,4-6H2,1H3,(H2,11,17). The van der Waals surface area contributed by atoms with E-state index in [4.69, 9.17) is 18.0 Å². The molecule has 1 aromatic heterocycles. The highest BCUT2D eigenvalue weighted by atomic mass is 32.1. The van der Waals surface area contributed by atoms with Crippen molar-refractivity contribution < 1.29 is 4.79 Å². The third-order valence-electron chi connectivity index (χ3n) is 2.67. The van der Waals surface area contributed by atoms with E-state index in [0.717, 1.165) is 0 Å².